The molecular weight excluding hydrogens is 391 g/mol. The second kappa shape index (κ2) is 6.40. The van der Waals surface area contributed by atoms with E-state index in [-0.39, 0.29) is 11.8 Å². The Labute approximate surface area is 162 Å². The number of anilines is 1. The zero-order valence-electron chi connectivity index (χ0n) is 13.8. The topological polar surface area (TPSA) is 60.7 Å². The Balaban J connectivity index is 1.39. The lowest BCUT2D eigenvalue weighted by molar-refractivity contribution is 0.174. The third kappa shape index (κ3) is 2.96. The zero-order valence-corrected chi connectivity index (χ0v) is 15.4. The van der Waals surface area contributed by atoms with Gasteiger partial charge in [-0.3, -0.25) is 0 Å². The van der Waals surface area contributed by atoms with Gasteiger partial charge in [0.2, 0.25) is 16.9 Å². The number of aromatic nitrogens is 3. The number of imidazole rings is 1. The molecule has 0 amide bonds. The summed E-state index contributed by atoms with van der Waals surface area (Å²) in [6, 6.07) is 10.4. The molecule has 3 heterocycles. The Morgan fingerprint density at radius 2 is 2.07 bits per heavy atom. The van der Waals surface area contributed by atoms with Crippen molar-refractivity contribution in [1.29, 1.82) is 0 Å². The van der Waals surface area contributed by atoms with Gasteiger partial charge >= 0.3 is 0 Å². The van der Waals surface area contributed by atoms with Crippen molar-refractivity contribution in [1.82, 2.24) is 14.6 Å². The van der Waals surface area contributed by atoms with Crippen molar-refractivity contribution in [2.45, 2.75) is 6.54 Å². The van der Waals surface area contributed by atoms with E-state index in [1.807, 2.05) is 18.2 Å². The number of nitrogens with one attached hydrogen (secondary N) is 1. The Morgan fingerprint density at radius 3 is 2.96 bits per heavy atom. The molecule has 0 bridgehead atoms. The molecule has 0 radical (unpaired) electrons. The zero-order chi connectivity index (χ0) is 18.4. The molecular formula is C18H12ClFN4O2S. The van der Waals surface area contributed by atoms with Crippen LogP contribution >= 0.6 is 22.9 Å². The minimum atomic E-state index is -0.453. The van der Waals surface area contributed by atoms with Gasteiger partial charge in [0.15, 0.2) is 11.5 Å². The number of rotatable bonds is 4. The van der Waals surface area contributed by atoms with Crippen LogP contribution in [0.4, 0.5) is 9.52 Å². The first-order valence-electron chi connectivity index (χ1n) is 8.10. The van der Waals surface area contributed by atoms with Crippen LogP contribution in [-0.2, 0) is 6.54 Å². The second-order valence-electron chi connectivity index (χ2n) is 5.92. The summed E-state index contributed by atoms with van der Waals surface area (Å²) < 4.78 is 25.8. The van der Waals surface area contributed by atoms with Crippen molar-refractivity contribution < 1.29 is 13.9 Å². The molecule has 1 aliphatic heterocycles. The summed E-state index contributed by atoms with van der Waals surface area (Å²) in [5.74, 6) is 1.05. The van der Waals surface area contributed by atoms with Crippen molar-refractivity contribution in [2.75, 3.05) is 12.1 Å². The van der Waals surface area contributed by atoms with Crippen LogP contribution in [0.3, 0.4) is 0 Å². The molecule has 2 aromatic carbocycles. The van der Waals surface area contributed by atoms with Crippen LogP contribution in [0.15, 0.2) is 42.6 Å². The first kappa shape index (κ1) is 16.3. The van der Waals surface area contributed by atoms with Gasteiger partial charge in [-0.05, 0) is 35.9 Å². The lowest BCUT2D eigenvalue weighted by Gasteiger charge is -2.04. The molecule has 5 rings (SSSR count). The van der Waals surface area contributed by atoms with Gasteiger partial charge in [-0.25, -0.2) is 13.9 Å². The minimum Gasteiger partial charge on any atom is -0.454 e. The maximum absolute atomic E-state index is 13.4. The molecule has 0 atom stereocenters. The first-order chi connectivity index (χ1) is 13.2. The predicted molar refractivity (Wildman–Crippen MR) is 101 cm³/mol. The number of hydrogen-bond acceptors (Lipinski definition) is 6. The van der Waals surface area contributed by atoms with Gasteiger partial charge in [0.05, 0.1) is 16.9 Å². The Bertz CT molecular complexity index is 1160. The molecule has 6 nitrogen and oxygen atoms in total. The van der Waals surface area contributed by atoms with E-state index in [2.05, 4.69) is 15.4 Å². The highest BCUT2D eigenvalue weighted by molar-refractivity contribution is 7.20. The van der Waals surface area contributed by atoms with E-state index in [1.54, 1.807) is 22.8 Å². The van der Waals surface area contributed by atoms with Crippen molar-refractivity contribution in [2.24, 2.45) is 0 Å². The molecule has 0 aliphatic carbocycles. The summed E-state index contributed by atoms with van der Waals surface area (Å²) in [6.45, 7) is 0.844. The Hall–Kier alpha value is -2.84. The number of ether oxygens (including phenoxy) is 2. The summed E-state index contributed by atoms with van der Waals surface area (Å²) in [4.78, 5) is 5.11. The predicted octanol–water partition coefficient (Wildman–Crippen LogP) is 4.59. The van der Waals surface area contributed by atoms with Gasteiger partial charge < -0.3 is 14.8 Å². The fourth-order valence-electron chi connectivity index (χ4n) is 2.85. The number of halogens is 2. The van der Waals surface area contributed by atoms with E-state index in [0.717, 1.165) is 38.4 Å². The highest BCUT2D eigenvalue weighted by atomic mass is 35.5. The van der Waals surface area contributed by atoms with E-state index in [1.165, 1.54) is 17.4 Å². The van der Waals surface area contributed by atoms with Gasteiger partial charge in [0.1, 0.15) is 5.82 Å². The maximum atomic E-state index is 13.4. The van der Waals surface area contributed by atoms with Crippen LogP contribution in [0.2, 0.25) is 5.02 Å². The average molecular weight is 403 g/mol. The molecule has 2 aromatic heterocycles. The van der Waals surface area contributed by atoms with Crippen LogP contribution < -0.4 is 14.8 Å². The van der Waals surface area contributed by atoms with E-state index in [0.29, 0.717) is 6.54 Å². The summed E-state index contributed by atoms with van der Waals surface area (Å²) in [6.07, 6.45) is 1.70. The molecule has 9 heteroatoms. The fraction of sp³-hybridized carbons (Fsp3) is 0.111. The largest absolute Gasteiger partial charge is 0.454 e. The number of benzene rings is 2. The third-order valence-corrected chi connectivity index (χ3v) is 5.35. The van der Waals surface area contributed by atoms with Gasteiger partial charge in [-0.2, -0.15) is 0 Å². The minimum absolute atomic E-state index is 0.0684. The summed E-state index contributed by atoms with van der Waals surface area (Å²) >= 11 is 7.32. The highest BCUT2D eigenvalue weighted by Crippen LogP contribution is 2.33. The fourth-order valence-corrected chi connectivity index (χ4v) is 3.80. The van der Waals surface area contributed by atoms with Crippen molar-refractivity contribution in [3.8, 4) is 22.8 Å². The normalized spacial score (nSPS) is 12.7. The quantitative estimate of drug-likeness (QED) is 0.541. The standard InChI is InChI=1S/C18H12ClFN4O2S/c19-12-6-11(2-3-13(12)20)14-8-22-18-24(14)23-17(27-18)21-7-10-1-4-15-16(5-10)26-9-25-15/h1-6,8H,7,9H2,(H,21,23). The maximum Gasteiger partial charge on any atom is 0.231 e. The number of nitrogens with zero attached hydrogens (tertiary/aromatic N) is 3. The summed E-state index contributed by atoms with van der Waals surface area (Å²) in [7, 11) is 0. The molecule has 136 valence electrons. The molecule has 1 aliphatic rings. The van der Waals surface area contributed by atoms with E-state index in [4.69, 9.17) is 21.1 Å². The monoisotopic (exact) mass is 402 g/mol. The Kier molecular flexibility index (Phi) is 3.87. The molecule has 1 N–H and O–H groups in total. The molecule has 0 unspecified atom stereocenters. The number of hydrogen-bond donors (Lipinski definition) is 1. The molecule has 27 heavy (non-hydrogen) atoms. The smallest absolute Gasteiger partial charge is 0.231 e. The van der Waals surface area contributed by atoms with Crippen LogP contribution in [0.1, 0.15) is 5.56 Å². The van der Waals surface area contributed by atoms with Crippen LogP contribution in [0.25, 0.3) is 16.2 Å². The van der Waals surface area contributed by atoms with Gasteiger partial charge in [0.25, 0.3) is 0 Å². The summed E-state index contributed by atoms with van der Waals surface area (Å²) in [5, 5.41) is 8.64. The van der Waals surface area contributed by atoms with E-state index in [9.17, 15) is 4.39 Å². The van der Waals surface area contributed by atoms with E-state index >= 15 is 0 Å². The van der Waals surface area contributed by atoms with Crippen molar-refractivity contribution in [3.05, 3.63) is 59.0 Å². The first-order valence-corrected chi connectivity index (χ1v) is 9.29. The van der Waals surface area contributed by atoms with Crippen LogP contribution in [-0.4, -0.2) is 21.4 Å². The molecule has 0 fully saturated rings. The molecule has 4 aromatic rings. The lowest BCUT2D eigenvalue weighted by atomic mass is 10.2. The van der Waals surface area contributed by atoms with Crippen LogP contribution in [0.5, 0.6) is 11.5 Å². The SMILES string of the molecule is Fc1ccc(-c2cnc3sc(NCc4ccc5c(c4)OCO5)nn23)cc1Cl. The average Bonchev–Trinajstić information content (AvgIpc) is 3.37. The Morgan fingerprint density at radius 1 is 1.19 bits per heavy atom. The van der Waals surface area contributed by atoms with Crippen LogP contribution in [0, 0.1) is 5.82 Å². The van der Waals surface area contributed by atoms with Gasteiger partial charge in [-0.15, -0.1) is 5.10 Å². The highest BCUT2D eigenvalue weighted by Gasteiger charge is 2.15. The molecule has 0 saturated heterocycles. The number of fused-ring (bicyclic) bond motifs is 2. The lowest BCUT2D eigenvalue weighted by Crippen LogP contribution is -2.00. The van der Waals surface area contributed by atoms with Crippen molar-refractivity contribution in [3.63, 3.8) is 0 Å². The third-order valence-electron chi connectivity index (χ3n) is 4.18. The summed E-state index contributed by atoms with van der Waals surface area (Å²) in [5.41, 5.74) is 2.55. The molecule has 0 spiro atoms. The van der Waals surface area contributed by atoms with E-state index < -0.39 is 5.82 Å². The van der Waals surface area contributed by atoms with Crippen molar-refractivity contribution >= 4 is 33.0 Å². The van der Waals surface area contributed by atoms with Gasteiger partial charge in [-0.1, -0.05) is 29.0 Å². The molecule has 0 saturated carbocycles. The van der Waals surface area contributed by atoms with Gasteiger partial charge in [0, 0.05) is 12.1 Å². The second-order valence-corrected chi connectivity index (χ2v) is 7.28.